The molecule has 1 aromatic carbocycles. The minimum absolute atomic E-state index is 0.108. The molecule has 0 bridgehead atoms. The lowest BCUT2D eigenvalue weighted by Crippen LogP contribution is -2.68. The molecule has 1 heterocycles. The number of nitrogens with one attached hydrogen (secondary N) is 1. The molecule has 0 radical (unpaired) electrons. The van der Waals surface area contributed by atoms with Crippen LogP contribution >= 0.6 is 0 Å². The van der Waals surface area contributed by atoms with Crippen molar-refractivity contribution in [2.24, 2.45) is 0 Å². The second-order valence-corrected chi connectivity index (χ2v) is 5.34. The zero-order chi connectivity index (χ0) is 14.9. The molecule has 2 amide bonds. The summed E-state index contributed by atoms with van der Waals surface area (Å²) in [6.07, 6.45) is 1.68. The van der Waals surface area contributed by atoms with Crippen LogP contribution < -0.4 is 5.32 Å². The molecule has 1 aromatic rings. The summed E-state index contributed by atoms with van der Waals surface area (Å²) in [7, 11) is 0. The summed E-state index contributed by atoms with van der Waals surface area (Å²) >= 11 is 0. The SMILES string of the molecule is C=CC(C)N1C(=O)C(C)(c2ccccc2)NC(=O)C1C. The van der Waals surface area contributed by atoms with Gasteiger partial charge in [0, 0.05) is 6.04 Å². The Kier molecular flexibility index (Phi) is 3.66. The van der Waals surface area contributed by atoms with Gasteiger partial charge in [0.1, 0.15) is 11.6 Å². The predicted molar refractivity (Wildman–Crippen MR) is 77.9 cm³/mol. The zero-order valence-corrected chi connectivity index (χ0v) is 12.1. The molecule has 4 nitrogen and oxygen atoms in total. The van der Waals surface area contributed by atoms with Crippen molar-refractivity contribution in [1.82, 2.24) is 10.2 Å². The van der Waals surface area contributed by atoms with E-state index in [1.807, 2.05) is 37.3 Å². The molecule has 1 N–H and O–H groups in total. The highest BCUT2D eigenvalue weighted by atomic mass is 16.2. The summed E-state index contributed by atoms with van der Waals surface area (Å²) in [6.45, 7) is 9.07. The summed E-state index contributed by atoms with van der Waals surface area (Å²) < 4.78 is 0. The highest BCUT2D eigenvalue weighted by Gasteiger charge is 2.48. The average Bonchev–Trinajstić information content (AvgIpc) is 2.46. The van der Waals surface area contributed by atoms with Gasteiger partial charge in [0.2, 0.25) is 5.91 Å². The fourth-order valence-corrected chi connectivity index (χ4v) is 2.58. The van der Waals surface area contributed by atoms with Crippen molar-refractivity contribution >= 4 is 11.8 Å². The highest BCUT2D eigenvalue weighted by Crippen LogP contribution is 2.29. The Hall–Kier alpha value is -2.10. The highest BCUT2D eigenvalue weighted by molar-refractivity contribution is 6.00. The van der Waals surface area contributed by atoms with Gasteiger partial charge in [0.05, 0.1) is 0 Å². The molecule has 1 aliphatic heterocycles. The fraction of sp³-hybridized carbons (Fsp3) is 0.375. The van der Waals surface area contributed by atoms with Crippen LogP contribution in [0.1, 0.15) is 26.3 Å². The molecule has 3 unspecified atom stereocenters. The van der Waals surface area contributed by atoms with E-state index in [0.29, 0.717) is 0 Å². The first-order valence-electron chi connectivity index (χ1n) is 6.74. The van der Waals surface area contributed by atoms with E-state index in [-0.39, 0.29) is 17.9 Å². The van der Waals surface area contributed by atoms with E-state index in [9.17, 15) is 9.59 Å². The second kappa shape index (κ2) is 5.12. The predicted octanol–water partition coefficient (Wildman–Crippen LogP) is 1.82. The molecule has 0 saturated carbocycles. The van der Waals surface area contributed by atoms with Gasteiger partial charge in [0.25, 0.3) is 5.91 Å². The number of hydrogen-bond donors (Lipinski definition) is 1. The summed E-state index contributed by atoms with van der Waals surface area (Å²) in [5, 5.41) is 2.85. The van der Waals surface area contributed by atoms with Crippen LogP contribution in [0.3, 0.4) is 0 Å². The Balaban J connectivity index is 2.48. The summed E-state index contributed by atoms with van der Waals surface area (Å²) in [5.41, 5.74) is -0.242. The van der Waals surface area contributed by atoms with Gasteiger partial charge >= 0.3 is 0 Å². The number of hydrogen-bond acceptors (Lipinski definition) is 2. The Morgan fingerprint density at radius 3 is 2.50 bits per heavy atom. The molecule has 1 fully saturated rings. The molecule has 0 aromatic heterocycles. The number of carbonyl (C=O) groups excluding carboxylic acids is 2. The van der Waals surface area contributed by atoms with E-state index < -0.39 is 11.6 Å². The van der Waals surface area contributed by atoms with Gasteiger partial charge in [0.15, 0.2) is 0 Å². The molecule has 0 aliphatic carbocycles. The number of rotatable bonds is 3. The molecule has 2 rings (SSSR count). The third-order valence-electron chi connectivity index (χ3n) is 3.96. The Morgan fingerprint density at radius 1 is 1.35 bits per heavy atom. The maximum atomic E-state index is 12.9. The van der Waals surface area contributed by atoms with Crippen molar-refractivity contribution in [3.63, 3.8) is 0 Å². The lowest BCUT2D eigenvalue weighted by molar-refractivity contribution is -0.155. The number of nitrogens with zero attached hydrogens (tertiary/aromatic N) is 1. The molecule has 3 atom stereocenters. The molecule has 0 spiro atoms. The Morgan fingerprint density at radius 2 is 1.95 bits per heavy atom. The topological polar surface area (TPSA) is 49.4 Å². The van der Waals surface area contributed by atoms with E-state index in [2.05, 4.69) is 11.9 Å². The molecule has 4 heteroatoms. The van der Waals surface area contributed by atoms with E-state index >= 15 is 0 Å². The van der Waals surface area contributed by atoms with Gasteiger partial charge in [-0.15, -0.1) is 6.58 Å². The second-order valence-electron chi connectivity index (χ2n) is 5.34. The Bertz CT molecular complexity index is 541. The average molecular weight is 272 g/mol. The van der Waals surface area contributed by atoms with Gasteiger partial charge in [-0.05, 0) is 26.3 Å². The van der Waals surface area contributed by atoms with Crippen LogP contribution in [0.25, 0.3) is 0 Å². The molecule has 106 valence electrons. The molecular weight excluding hydrogens is 252 g/mol. The van der Waals surface area contributed by atoms with Gasteiger partial charge in [-0.3, -0.25) is 9.59 Å². The van der Waals surface area contributed by atoms with Crippen molar-refractivity contribution in [3.05, 3.63) is 48.6 Å². The zero-order valence-electron chi connectivity index (χ0n) is 12.1. The lowest BCUT2D eigenvalue weighted by Gasteiger charge is -2.45. The molecule has 1 saturated heterocycles. The first-order valence-corrected chi connectivity index (χ1v) is 6.74. The monoisotopic (exact) mass is 272 g/mol. The molecular formula is C16H20N2O2. The van der Waals surface area contributed by atoms with Crippen LogP contribution in [0.15, 0.2) is 43.0 Å². The minimum atomic E-state index is -1.03. The molecule has 20 heavy (non-hydrogen) atoms. The summed E-state index contributed by atoms with van der Waals surface area (Å²) in [4.78, 5) is 26.7. The normalized spacial score (nSPS) is 27.9. The number of benzene rings is 1. The smallest absolute Gasteiger partial charge is 0.253 e. The third kappa shape index (κ3) is 2.11. The Labute approximate surface area is 119 Å². The molecule has 1 aliphatic rings. The van der Waals surface area contributed by atoms with Crippen LogP contribution in [0.2, 0.25) is 0 Å². The quantitative estimate of drug-likeness (QED) is 0.853. The van der Waals surface area contributed by atoms with Crippen molar-refractivity contribution in [2.45, 2.75) is 38.4 Å². The van der Waals surface area contributed by atoms with Crippen LogP contribution in [0, 0.1) is 0 Å². The van der Waals surface area contributed by atoms with Crippen LogP contribution in [-0.4, -0.2) is 28.8 Å². The van der Waals surface area contributed by atoms with Crippen molar-refractivity contribution in [3.8, 4) is 0 Å². The van der Waals surface area contributed by atoms with Crippen molar-refractivity contribution in [2.75, 3.05) is 0 Å². The van der Waals surface area contributed by atoms with Crippen molar-refractivity contribution in [1.29, 1.82) is 0 Å². The number of carbonyl (C=O) groups is 2. The lowest BCUT2D eigenvalue weighted by atomic mass is 9.86. The minimum Gasteiger partial charge on any atom is -0.336 e. The van der Waals surface area contributed by atoms with E-state index in [4.69, 9.17) is 0 Å². The summed E-state index contributed by atoms with van der Waals surface area (Å²) in [5.74, 6) is -0.257. The van der Waals surface area contributed by atoms with Gasteiger partial charge in [-0.1, -0.05) is 36.4 Å². The van der Waals surface area contributed by atoms with Crippen LogP contribution in [-0.2, 0) is 15.1 Å². The number of piperazine rings is 1. The first kappa shape index (κ1) is 14.3. The standard InChI is InChI=1S/C16H20N2O2/c1-5-11(2)18-12(3)14(19)17-16(4,15(18)20)13-9-7-6-8-10-13/h5-12H,1H2,2-4H3,(H,17,19). The van der Waals surface area contributed by atoms with E-state index in [0.717, 1.165) is 5.56 Å². The van der Waals surface area contributed by atoms with Gasteiger partial charge in [-0.25, -0.2) is 0 Å². The third-order valence-corrected chi connectivity index (χ3v) is 3.96. The maximum absolute atomic E-state index is 12.9. The largest absolute Gasteiger partial charge is 0.336 e. The summed E-state index contributed by atoms with van der Waals surface area (Å²) in [6, 6.07) is 8.63. The van der Waals surface area contributed by atoms with Gasteiger partial charge < -0.3 is 10.2 Å². The van der Waals surface area contributed by atoms with Crippen LogP contribution in [0.5, 0.6) is 0 Å². The van der Waals surface area contributed by atoms with Crippen molar-refractivity contribution < 1.29 is 9.59 Å². The van der Waals surface area contributed by atoms with E-state index in [1.165, 1.54) is 0 Å². The van der Waals surface area contributed by atoms with Crippen LogP contribution in [0.4, 0.5) is 0 Å². The first-order chi connectivity index (χ1) is 9.41. The van der Waals surface area contributed by atoms with E-state index in [1.54, 1.807) is 24.8 Å². The number of amides is 2. The fourth-order valence-electron chi connectivity index (χ4n) is 2.58. The maximum Gasteiger partial charge on any atom is 0.253 e. The van der Waals surface area contributed by atoms with Gasteiger partial charge in [-0.2, -0.15) is 0 Å².